The van der Waals surface area contributed by atoms with Gasteiger partial charge in [-0.2, -0.15) is 4.98 Å². The minimum atomic E-state index is 0.557. The average Bonchev–Trinajstić information content (AvgIpc) is 3.01. The van der Waals surface area contributed by atoms with Crippen LogP contribution < -0.4 is 10.2 Å². The van der Waals surface area contributed by atoms with Crippen molar-refractivity contribution in [2.45, 2.75) is 39.7 Å². The highest BCUT2D eigenvalue weighted by atomic mass is 32.1. The molecule has 3 rings (SSSR count). The van der Waals surface area contributed by atoms with Crippen LogP contribution in [-0.4, -0.2) is 29.1 Å². The minimum absolute atomic E-state index is 0.557. The van der Waals surface area contributed by atoms with Gasteiger partial charge in [-0.15, -0.1) is 11.3 Å². The largest absolute Gasteiger partial charge is 0.354 e. The molecule has 5 heteroatoms. The van der Waals surface area contributed by atoms with Crippen molar-refractivity contribution in [1.29, 1.82) is 0 Å². The van der Waals surface area contributed by atoms with Gasteiger partial charge in [-0.05, 0) is 37.1 Å². The van der Waals surface area contributed by atoms with Gasteiger partial charge in [0.25, 0.3) is 0 Å². The fourth-order valence-corrected chi connectivity index (χ4v) is 3.73. The van der Waals surface area contributed by atoms with E-state index in [1.807, 2.05) is 0 Å². The summed E-state index contributed by atoms with van der Waals surface area (Å²) in [5, 5.41) is 6.62. The number of rotatable bonds is 4. The van der Waals surface area contributed by atoms with Gasteiger partial charge in [0.2, 0.25) is 5.95 Å². The molecule has 2 atom stereocenters. The SMILES string of the molecule is CCCNc1nc(N2CC(C)CC2C)c2ccsc2n1. The van der Waals surface area contributed by atoms with E-state index in [2.05, 4.69) is 47.4 Å². The molecule has 0 radical (unpaired) electrons. The molecule has 0 saturated carbocycles. The van der Waals surface area contributed by atoms with E-state index in [1.54, 1.807) is 11.3 Å². The predicted octanol–water partition coefficient (Wildman–Crippen LogP) is 3.75. The van der Waals surface area contributed by atoms with E-state index in [0.29, 0.717) is 6.04 Å². The van der Waals surface area contributed by atoms with Crippen molar-refractivity contribution in [2.75, 3.05) is 23.3 Å². The zero-order valence-corrected chi connectivity index (χ0v) is 13.2. The van der Waals surface area contributed by atoms with E-state index in [9.17, 15) is 0 Å². The molecule has 1 N–H and O–H groups in total. The van der Waals surface area contributed by atoms with Gasteiger partial charge < -0.3 is 10.2 Å². The first-order valence-electron chi connectivity index (χ1n) is 7.44. The summed E-state index contributed by atoms with van der Waals surface area (Å²) in [6, 6.07) is 2.70. The Bertz CT molecular complexity index is 595. The van der Waals surface area contributed by atoms with Gasteiger partial charge in [-0.3, -0.25) is 0 Å². The van der Waals surface area contributed by atoms with Crippen LogP contribution in [0.15, 0.2) is 11.4 Å². The van der Waals surface area contributed by atoms with E-state index < -0.39 is 0 Å². The lowest BCUT2D eigenvalue weighted by Gasteiger charge is -2.23. The first-order valence-corrected chi connectivity index (χ1v) is 8.32. The lowest BCUT2D eigenvalue weighted by molar-refractivity contribution is 0.625. The molecule has 0 bridgehead atoms. The van der Waals surface area contributed by atoms with Crippen molar-refractivity contribution in [2.24, 2.45) is 5.92 Å². The van der Waals surface area contributed by atoms with Crippen LogP contribution in [0.2, 0.25) is 0 Å². The van der Waals surface area contributed by atoms with Crippen LogP contribution in [0, 0.1) is 5.92 Å². The van der Waals surface area contributed by atoms with Crippen molar-refractivity contribution in [3.05, 3.63) is 11.4 Å². The molecule has 0 amide bonds. The number of anilines is 2. The van der Waals surface area contributed by atoms with Crippen molar-refractivity contribution in [3.8, 4) is 0 Å². The first-order chi connectivity index (χ1) is 9.69. The number of fused-ring (bicyclic) bond motifs is 1. The maximum absolute atomic E-state index is 4.79. The third-order valence-corrected chi connectivity index (χ3v) is 4.70. The summed E-state index contributed by atoms with van der Waals surface area (Å²) in [4.78, 5) is 12.9. The highest BCUT2D eigenvalue weighted by molar-refractivity contribution is 7.16. The molecule has 3 heterocycles. The second-order valence-electron chi connectivity index (χ2n) is 5.78. The van der Waals surface area contributed by atoms with E-state index >= 15 is 0 Å². The van der Waals surface area contributed by atoms with Gasteiger partial charge in [0.1, 0.15) is 10.6 Å². The zero-order chi connectivity index (χ0) is 14.1. The molecule has 1 fully saturated rings. The molecule has 20 heavy (non-hydrogen) atoms. The van der Waals surface area contributed by atoms with Crippen LogP contribution in [0.3, 0.4) is 0 Å². The quantitative estimate of drug-likeness (QED) is 0.931. The summed E-state index contributed by atoms with van der Waals surface area (Å²) in [7, 11) is 0. The maximum atomic E-state index is 4.79. The Hall–Kier alpha value is -1.36. The molecule has 2 aromatic rings. The molecule has 0 aliphatic carbocycles. The summed E-state index contributed by atoms with van der Waals surface area (Å²) in [6.07, 6.45) is 2.33. The summed E-state index contributed by atoms with van der Waals surface area (Å²) in [6.45, 7) is 8.78. The van der Waals surface area contributed by atoms with Crippen LogP contribution >= 0.6 is 11.3 Å². The van der Waals surface area contributed by atoms with Crippen LogP contribution in [0.25, 0.3) is 10.2 Å². The number of aromatic nitrogens is 2. The lowest BCUT2D eigenvalue weighted by atomic mass is 10.1. The Morgan fingerprint density at radius 2 is 2.25 bits per heavy atom. The zero-order valence-electron chi connectivity index (χ0n) is 12.4. The van der Waals surface area contributed by atoms with E-state index in [1.165, 1.54) is 11.8 Å². The fourth-order valence-electron chi connectivity index (χ4n) is 2.97. The molecule has 4 nitrogen and oxygen atoms in total. The Labute approximate surface area is 124 Å². The topological polar surface area (TPSA) is 41.1 Å². The smallest absolute Gasteiger partial charge is 0.226 e. The summed E-state index contributed by atoms with van der Waals surface area (Å²) in [5.41, 5.74) is 0. The molecule has 1 aliphatic rings. The maximum Gasteiger partial charge on any atom is 0.226 e. The number of hydrogen-bond donors (Lipinski definition) is 1. The van der Waals surface area contributed by atoms with E-state index in [0.717, 1.165) is 42.0 Å². The molecular formula is C15H22N4S. The highest BCUT2D eigenvalue weighted by Gasteiger charge is 2.29. The summed E-state index contributed by atoms with van der Waals surface area (Å²) in [5.74, 6) is 2.61. The van der Waals surface area contributed by atoms with Crippen molar-refractivity contribution < 1.29 is 0 Å². The van der Waals surface area contributed by atoms with E-state index in [4.69, 9.17) is 4.98 Å². The molecular weight excluding hydrogens is 268 g/mol. The Balaban J connectivity index is 2.01. The number of thiophene rings is 1. The first kappa shape index (κ1) is 13.6. The predicted molar refractivity (Wildman–Crippen MR) is 86.8 cm³/mol. The molecule has 2 aromatic heterocycles. The van der Waals surface area contributed by atoms with Gasteiger partial charge in [0.15, 0.2) is 0 Å². The average molecular weight is 290 g/mol. The van der Waals surface area contributed by atoms with Crippen molar-refractivity contribution in [3.63, 3.8) is 0 Å². The van der Waals surface area contributed by atoms with E-state index in [-0.39, 0.29) is 0 Å². The second kappa shape index (κ2) is 5.56. The van der Waals surface area contributed by atoms with Crippen LogP contribution in [0.4, 0.5) is 11.8 Å². The monoisotopic (exact) mass is 290 g/mol. The normalized spacial score (nSPS) is 22.6. The molecule has 0 aromatic carbocycles. The molecule has 1 aliphatic heterocycles. The minimum Gasteiger partial charge on any atom is -0.354 e. The fraction of sp³-hybridized carbons (Fsp3) is 0.600. The summed E-state index contributed by atoms with van der Waals surface area (Å²) < 4.78 is 0. The lowest BCUT2D eigenvalue weighted by Crippen LogP contribution is -2.28. The number of nitrogens with one attached hydrogen (secondary N) is 1. The van der Waals surface area contributed by atoms with Crippen molar-refractivity contribution >= 4 is 33.3 Å². The van der Waals surface area contributed by atoms with Crippen LogP contribution in [-0.2, 0) is 0 Å². The number of hydrogen-bond acceptors (Lipinski definition) is 5. The molecule has 0 spiro atoms. The van der Waals surface area contributed by atoms with Crippen molar-refractivity contribution in [1.82, 2.24) is 9.97 Å². The Morgan fingerprint density at radius 1 is 1.40 bits per heavy atom. The molecule has 1 saturated heterocycles. The Morgan fingerprint density at radius 3 is 2.95 bits per heavy atom. The highest BCUT2D eigenvalue weighted by Crippen LogP contribution is 2.34. The standard InChI is InChI=1S/C15H22N4S/c1-4-6-16-15-17-13(12-5-7-20-14(12)18-15)19-9-10(2)8-11(19)3/h5,7,10-11H,4,6,8-9H2,1-3H3,(H,16,17,18). The van der Waals surface area contributed by atoms with Crippen LogP contribution in [0.1, 0.15) is 33.6 Å². The molecule has 108 valence electrons. The van der Waals surface area contributed by atoms with Gasteiger partial charge in [0, 0.05) is 19.1 Å². The summed E-state index contributed by atoms with van der Waals surface area (Å²) >= 11 is 1.69. The Kier molecular flexibility index (Phi) is 3.78. The van der Waals surface area contributed by atoms with Crippen LogP contribution in [0.5, 0.6) is 0 Å². The third kappa shape index (κ3) is 2.46. The second-order valence-corrected chi connectivity index (χ2v) is 6.67. The number of nitrogens with zero attached hydrogens (tertiary/aromatic N) is 3. The van der Waals surface area contributed by atoms with Gasteiger partial charge >= 0.3 is 0 Å². The molecule has 2 unspecified atom stereocenters. The van der Waals surface area contributed by atoms with Gasteiger partial charge in [-0.1, -0.05) is 13.8 Å². The van der Waals surface area contributed by atoms with Gasteiger partial charge in [-0.25, -0.2) is 4.98 Å². The van der Waals surface area contributed by atoms with Gasteiger partial charge in [0.05, 0.1) is 5.39 Å². The third-order valence-electron chi connectivity index (χ3n) is 3.89.